The van der Waals surface area contributed by atoms with Gasteiger partial charge in [-0.25, -0.2) is 4.39 Å². The van der Waals surface area contributed by atoms with Crippen LogP contribution in [0.4, 0.5) is 4.39 Å². The summed E-state index contributed by atoms with van der Waals surface area (Å²) < 4.78 is 13.2. The number of aliphatic carboxylic acids is 2. The van der Waals surface area contributed by atoms with Crippen LogP contribution in [0.3, 0.4) is 0 Å². The van der Waals surface area contributed by atoms with Gasteiger partial charge < -0.3 is 21.1 Å². The van der Waals surface area contributed by atoms with Crippen molar-refractivity contribution >= 4 is 23.7 Å². The molecule has 5 N–H and O–H groups in total. The molecule has 0 unspecified atom stereocenters. The summed E-state index contributed by atoms with van der Waals surface area (Å²) in [6.07, 6.45) is -1.09. The van der Waals surface area contributed by atoms with Crippen LogP contribution in [0, 0.1) is 29.5 Å². The zero-order valence-electron chi connectivity index (χ0n) is 11.9. The van der Waals surface area contributed by atoms with Gasteiger partial charge in [0, 0.05) is 28.4 Å². The number of carboxylic acids is 2. The molecule has 6 atom stereocenters. The summed E-state index contributed by atoms with van der Waals surface area (Å²) in [6, 6.07) is 5.82. The average Bonchev–Trinajstić information content (AvgIpc) is 3.18. The highest BCUT2D eigenvalue weighted by Crippen LogP contribution is 2.64. The van der Waals surface area contributed by atoms with Crippen molar-refractivity contribution in [2.45, 2.75) is 16.5 Å². The van der Waals surface area contributed by atoms with E-state index in [0.29, 0.717) is 4.90 Å². The minimum Gasteiger partial charge on any atom is -0.481 e. The number of carbonyl (C=O) groups is 2. The quantitative estimate of drug-likeness (QED) is 0.580. The predicted octanol–water partition coefficient (Wildman–Crippen LogP) is 0.637. The van der Waals surface area contributed by atoms with E-state index in [4.69, 9.17) is 10.8 Å². The Labute approximate surface area is 135 Å². The lowest BCUT2D eigenvalue weighted by Gasteiger charge is -2.32. The van der Waals surface area contributed by atoms with Gasteiger partial charge in [-0.2, -0.15) is 0 Å². The van der Waals surface area contributed by atoms with Gasteiger partial charge in [0.2, 0.25) is 0 Å². The van der Waals surface area contributed by atoms with Crippen LogP contribution in [0.5, 0.6) is 0 Å². The number of aliphatic hydroxyl groups is 1. The van der Waals surface area contributed by atoms with Crippen molar-refractivity contribution in [2.75, 3.05) is 5.75 Å². The minimum atomic E-state index is -1.78. The Morgan fingerprint density at radius 2 is 2.04 bits per heavy atom. The Kier molecular flexibility index (Phi) is 3.86. The molecule has 23 heavy (non-hydrogen) atoms. The first kappa shape index (κ1) is 16.2. The highest BCUT2D eigenvalue weighted by molar-refractivity contribution is 7.99. The number of hydrogen-bond donors (Lipinski definition) is 4. The van der Waals surface area contributed by atoms with Gasteiger partial charge in [-0.3, -0.25) is 9.59 Å². The molecule has 0 radical (unpaired) electrons. The molecule has 1 aromatic rings. The Balaban J connectivity index is 1.79. The van der Waals surface area contributed by atoms with Crippen LogP contribution >= 0.6 is 11.8 Å². The molecule has 0 spiro atoms. The first-order valence-electron chi connectivity index (χ1n) is 7.10. The molecule has 0 aromatic heterocycles. The third-order valence-electron chi connectivity index (χ3n) is 4.93. The molecule has 0 aliphatic heterocycles. The number of nitrogens with two attached hydrogens (primary N) is 1. The molecule has 124 valence electrons. The molecule has 2 fully saturated rings. The minimum absolute atomic E-state index is 0.173. The lowest BCUT2D eigenvalue weighted by molar-refractivity contribution is -0.148. The maximum Gasteiger partial charge on any atom is 0.324 e. The first-order valence-corrected chi connectivity index (χ1v) is 8.08. The zero-order chi connectivity index (χ0) is 16.9. The second-order valence-corrected chi connectivity index (χ2v) is 7.16. The van der Waals surface area contributed by atoms with Crippen LogP contribution in [-0.4, -0.2) is 44.7 Å². The van der Waals surface area contributed by atoms with Gasteiger partial charge in [0.1, 0.15) is 11.4 Å². The molecule has 1 aromatic carbocycles. The van der Waals surface area contributed by atoms with E-state index in [9.17, 15) is 24.2 Å². The smallest absolute Gasteiger partial charge is 0.324 e. The third kappa shape index (κ3) is 2.41. The molecule has 0 bridgehead atoms. The van der Waals surface area contributed by atoms with Gasteiger partial charge in [-0.15, -0.1) is 11.8 Å². The Morgan fingerprint density at radius 1 is 1.35 bits per heavy atom. The summed E-state index contributed by atoms with van der Waals surface area (Å²) >= 11 is 1.20. The number of hydrogen-bond acceptors (Lipinski definition) is 5. The van der Waals surface area contributed by atoms with Crippen molar-refractivity contribution in [2.24, 2.45) is 29.4 Å². The van der Waals surface area contributed by atoms with Crippen molar-refractivity contribution in [3.63, 3.8) is 0 Å². The molecule has 2 aliphatic rings. The standard InChI is InChI=1S/C15H16FNO5S/c16-6-2-1-3-7(4-6)23-5-8-12(18)9-10(13(19)20)11(9)15(8,17)14(21)22/h1-4,8-12,18H,5,17H2,(H,19,20)(H,21,22)/t8-,9+,10+,11+,12-,15+/m1/s1. The summed E-state index contributed by atoms with van der Waals surface area (Å²) in [6.45, 7) is 0. The second-order valence-electron chi connectivity index (χ2n) is 6.07. The fourth-order valence-corrected chi connectivity index (χ4v) is 4.99. The van der Waals surface area contributed by atoms with Gasteiger partial charge >= 0.3 is 11.9 Å². The Hall–Kier alpha value is -1.64. The molecular formula is C15H16FNO5S. The number of rotatable bonds is 5. The molecule has 2 saturated carbocycles. The molecular weight excluding hydrogens is 325 g/mol. The number of thioether (sulfide) groups is 1. The number of benzene rings is 1. The number of aliphatic hydroxyl groups excluding tert-OH is 1. The van der Waals surface area contributed by atoms with Crippen molar-refractivity contribution in [3.05, 3.63) is 30.1 Å². The predicted molar refractivity (Wildman–Crippen MR) is 79.3 cm³/mol. The normalized spacial score (nSPS) is 38.1. The summed E-state index contributed by atoms with van der Waals surface area (Å²) in [5, 5.41) is 29.0. The van der Waals surface area contributed by atoms with Gasteiger partial charge in [0.15, 0.2) is 0 Å². The van der Waals surface area contributed by atoms with E-state index in [1.54, 1.807) is 6.07 Å². The second kappa shape index (κ2) is 5.47. The lowest BCUT2D eigenvalue weighted by Crippen LogP contribution is -2.58. The fraction of sp³-hybridized carbons (Fsp3) is 0.467. The summed E-state index contributed by atoms with van der Waals surface area (Å²) in [5.74, 6) is -5.79. The lowest BCUT2D eigenvalue weighted by atomic mass is 9.81. The van der Waals surface area contributed by atoms with Crippen molar-refractivity contribution < 1.29 is 29.3 Å². The van der Waals surface area contributed by atoms with E-state index >= 15 is 0 Å². The van der Waals surface area contributed by atoms with E-state index in [-0.39, 0.29) is 5.75 Å². The van der Waals surface area contributed by atoms with Gasteiger partial charge in [-0.05, 0) is 18.2 Å². The number of fused-ring (bicyclic) bond motifs is 1. The maximum absolute atomic E-state index is 13.2. The third-order valence-corrected chi connectivity index (χ3v) is 6.04. The average molecular weight is 341 g/mol. The Bertz CT molecular complexity index is 671. The molecule has 0 amide bonds. The number of halogens is 1. The van der Waals surface area contributed by atoms with Crippen LogP contribution in [-0.2, 0) is 9.59 Å². The van der Waals surface area contributed by atoms with Crippen molar-refractivity contribution in [1.29, 1.82) is 0 Å². The molecule has 8 heteroatoms. The zero-order valence-corrected chi connectivity index (χ0v) is 12.7. The fourth-order valence-electron chi connectivity index (χ4n) is 3.77. The summed E-state index contributed by atoms with van der Waals surface area (Å²) in [7, 11) is 0. The first-order chi connectivity index (χ1) is 10.8. The monoisotopic (exact) mass is 341 g/mol. The number of carboxylic acid groups (broad SMARTS) is 2. The highest BCUT2D eigenvalue weighted by Gasteiger charge is 2.77. The van der Waals surface area contributed by atoms with E-state index in [1.807, 2.05) is 0 Å². The SMILES string of the molecule is N[C@]1(C(=O)O)[C@@H]2[C@@H](C(=O)O)[C@@H]2[C@H](O)[C@H]1CSc1cccc(F)c1. The summed E-state index contributed by atoms with van der Waals surface area (Å²) in [5.41, 5.74) is 4.25. The van der Waals surface area contributed by atoms with Crippen LogP contribution < -0.4 is 5.73 Å². The molecule has 3 rings (SSSR count). The van der Waals surface area contributed by atoms with Crippen LogP contribution in [0.15, 0.2) is 29.2 Å². The van der Waals surface area contributed by atoms with E-state index in [1.165, 1.54) is 30.0 Å². The maximum atomic E-state index is 13.2. The Morgan fingerprint density at radius 3 is 2.61 bits per heavy atom. The molecule has 6 nitrogen and oxygen atoms in total. The molecule has 0 saturated heterocycles. The topological polar surface area (TPSA) is 121 Å². The van der Waals surface area contributed by atoms with Crippen LogP contribution in [0.1, 0.15) is 0 Å². The molecule has 0 heterocycles. The highest BCUT2D eigenvalue weighted by atomic mass is 32.2. The van der Waals surface area contributed by atoms with Crippen LogP contribution in [0.25, 0.3) is 0 Å². The van der Waals surface area contributed by atoms with E-state index in [2.05, 4.69) is 0 Å². The summed E-state index contributed by atoms with van der Waals surface area (Å²) in [4.78, 5) is 23.4. The largest absolute Gasteiger partial charge is 0.481 e. The van der Waals surface area contributed by atoms with Crippen molar-refractivity contribution in [3.8, 4) is 0 Å². The van der Waals surface area contributed by atoms with Gasteiger partial charge in [-0.1, -0.05) is 6.07 Å². The van der Waals surface area contributed by atoms with Gasteiger partial charge in [0.05, 0.1) is 12.0 Å². The van der Waals surface area contributed by atoms with Crippen molar-refractivity contribution in [1.82, 2.24) is 0 Å². The van der Waals surface area contributed by atoms with Gasteiger partial charge in [0.25, 0.3) is 0 Å². The molecule has 2 aliphatic carbocycles. The van der Waals surface area contributed by atoms with E-state index in [0.717, 1.165) is 0 Å². The van der Waals surface area contributed by atoms with Crippen LogP contribution in [0.2, 0.25) is 0 Å². The van der Waals surface area contributed by atoms with E-state index < -0.39 is 53.1 Å².